The summed E-state index contributed by atoms with van der Waals surface area (Å²) in [4.78, 5) is 4.28. The van der Waals surface area contributed by atoms with Crippen LogP contribution in [0.2, 0.25) is 0 Å². The molecule has 0 radical (unpaired) electrons. The minimum Gasteiger partial charge on any atom is -0.313 e. The number of nitrogens with zero attached hydrogens (tertiary/aromatic N) is 3. The van der Waals surface area contributed by atoms with Crippen molar-refractivity contribution >= 4 is 0 Å². The van der Waals surface area contributed by atoms with Gasteiger partial charge < -0.3 is 5.32 Å². The average molecular weight is 244 g/mol. The molecule has 1 unspecified atom stereocenters. The largest absolute Gasteiger partial charge is 0.313 e. The van der Waals surface area contributed by atoms with E-state index in [-0.39, 0.29) is 6.04 Å². The number of nitrogens with one attached hydrogen (secondary N) is 1. The van der Waals surface area contributed by atoms with Crippen molar-refractivity contribution in [3.63, 3.8) is 0 Å². The molecular formula is C14H20N4. The van der Waals surface area contributed by atoms with Gasteiger partial charge in [-0.2, -0.15) is 5.10 Å². The summed E-state index contributed by atoms with van der Waals surface area (Å²) in [6, 6.07) is 6.87. The van der Waals surface area contributed by atoms with Crippen molar-refractivity contribution in [2.45, 2.75) is 26.3 Å². The Morgan fingerprint density at radius 2 is 2.06 bits per heavy atom. The van der Waals surface area contributed by atoms with Gasteiger partial charge in [-0.25, -0.2) is 4.98 Å². The third kappa shape index (κ3) is 2.59. The van der Waals surface area contributed by atoms with Crippen LogP contribution in [-0.4, -0.2) is 21.8 Å². The molecule has 1 aromatic carbocycles. The van der Waals surface area contributed by atoms with E-state index in [9.17, 15) is 0 Å². The first-order valence-corrected chi connectivity index (χ1v) is 6.19. The maximum atomic E-state index is 4.28. The molecule has 0 aliphatic heterocycles. The standard InChI is InChI=1S/C14H20N4/c1-10-5-6-12(7-11(10)2)13(15-3)8-14-16-9-17-18(14)4/h5-7,9,13,15H,8H2,1-4H3. The minimum atomic E-state index is 0.271. The van der Waals surface area contributed by atoms with E-state index in [2.05, 4.69) is 47.4 Å². The molecule has 18 heavy (non-hydrogen) atoms. The van der Waals surface area contributed by atoms with Crippen molar-refractivity contribution in [1.29, 1.82) is 0 Å². The molecule has 0 bridgehead atoms. The van der Waals surface area contributed by atoms with Gasteiger partial charge in [0.1, 0.15) is 12.2 Å². The van der Waals surface area contributed by atoms with Gasteiger partial charge in [0.2, 0.25) is 0 Å². The van der Waals surface area contributed by atoms with Gasteiger partial charge in [-0.3, -0.25) is 4.68 Å². The molecule has 1 heterocycles. The second-order valence-corrected chi connectivity index (χ2v) is 4.69. The molecule has 2 rings (SSSR count). The van der Waals surface area contributed by atoms with Crippen LogP contribution in [0.25, 0.3) is 0 Å². The van der Waals surface area contributed by atoms with Crippen LogP contribution in [-0.2, 0) is 13.5 Å². The number of hydrogen-bond donors (Lipinski definition) is 1. The quantitative estimate of drug-likeness (QED) is 0.893. The van der Waals surface area contributed by atoms with Crippen LogP contribution in [0.5, 0.6) is 0 Å². The normalized spacial score (nSPS) is 12.7. The van der Waals surface area contributed by atoms with Crippen molar-refractivity contribution in [1.82, 2.24) is 20.1 Å². The predicted molar refractivity (Wildman–Crippen MR) is 72.4 cm³/mol. The van der Waals surface area contributed by atoms with Crippen molar-refractivity contribution in [3.05, 3.63) is 47.0 Å². The zero-order valence-corrected chi connectivity index (χ0v) is 11.4. The highest BCUT2D eigenvalue weighted by Crippen LogP contribution is 2.19. The highest BCUT2D eigenvalue weighted by molar-refractivity contribution is 5.32. The lowest BCUT2D eigenvalue weighted by Crippen LogP contribution is -2.20. The summed E-state index contributed by atoms with van der Waals surface area (Å²) >= 11 is 0. The molecule has 1 N–H and O–H groups in total. The summed E-state index contributed by atoms with van der Waals surface area (Å²) in [6.45, 7) is 4.28. The van der Waals surface area contributed by atoms with Crippen LogP contribution in [0, 0.1) is 13.8 Å². The Kier molecular flexibility index (Phi) is 3.77. The van der Waals surface area contributed by atoms with Crippen molar-refractivity contribution < 1.29 is 0 Å². The monoisotopic (exact) mass is 244 g/mol. The maximum Gasteiger partial charge on any atom is 0.138 e. The summed E-state index contributed by atoms with van der Waals surface area (Å²) in [7, 11) is 3.91. The summed E-state index contributed by atoms with van der Waals surface area (Å²) < 4.78 is 1.82. The fourth-order valence-electron chi connectivity index (χ4n) is 2.06. The molecule has 0 saturated heterocycles. The number of likely N-dealkylation sites (N-methyl/N-ethyl adjacent to an activating group) is 1. The van der Waals surface area contributed by atoms with Gasteiger partial charge >= 0.3 is 0 Å². The third-order valence-electron chi connectivity index (χ3n) is 3.47. The van der Waals surface area contributed by atoms with Gasteiger partial charge in [0.25, 0.3) is 0 Å². The molecule has 4 nitrogen and oxygen atoms in total. The van der Waals surface area contributed by atoms with Gasteiger partial charge in [0.15, 0.2) is 0 Å². The van der Waals surface area contributed by atoms with Crippen molar-refractivity contribution in [2.75, 3.05) is 7.05 Å². The molecule has 0 fully saturated rings. The molecule has 0 aliphatic rings. The Morgan fingerprint density at radius 1 is 1.28 bits per heavy atom. The fourth-order valence-corrected chi connectivity index (χ4v) is 2.06. The summed E-state index contributed by atoms with van der Waals surface area (Å²) in [5.74, 6) is 0.993. The summed E-state index contributed by atoms with van der Waals surface area (Å²) in [5, 5.41) is 7.46. The Balaban J connectivity index is 2.23. The number of benzene rings is 1. The Hall–Kier alpha value is -1.68. The molecule has 96 valence electrons. The molecule has 0 spiro atoms. The number of aromatic nitrogens is 3. The van der Waals surface area contributed by atoms with Crippen LogP contribution in [0.4, 0.5) is 0 Å². The Morgan fingerprint density at radius 3 is 2.61 bits per heavy atom. The van der Waals surface area contributed by atoms with E-state index < -0.39 is 0 Å². The zero-order chi connectivity index (χ0) is 13.1. The maximum absolute atomic E-state index is 4.28. The van der Waals surface area contributed by atoms with Gasteiger partial charge in [-0.15, -0.1) is 0 Å². The molecule has 2 aromatic rings. The van der Waals surface area contributed by atoms with E-state index in [1.807, 2.05) is 18.8 Å². The molecular weight excluding hydrogens is 224 g/mol. The Bertz CT molecular complexity index is 530. The van der Waals surface area contributed by atoms with E-state index in [4.69, 9.17) is 0 Å². The second-order valence-electron chi connectivity index (χ2n) is 4.69. The molecule has 0 saturated carbocycles. The smallest absolute Gasteiger partial charge is 0.138 e. The second kappa shape index (κ2) is 5.31. The van der Waals surface area contributed by atoms with Crippen LogP contribution < -0.4 is 5.32 Å². The van der Waals surface area contributed by atoms with Crippen LogP contribution >= 0.6 is 0 Å². The van der Waals surface area contributed by atoms with E-state index in [1.165, 1.54) is 16.7 Å². The predicted octanol–water partition coefficient (Wildman–Crippen LogP) is 1.94. The van der Waals surface area contributed by atoms with E-state index in [0.717, 1.165) is 12.2 Å². The highest BCUT2D eigenvalue weighted by Gasteiger charge is 2.13. The first-order valence-electron chi connectivity index (χ1n) is 6.19. The number of rotatable bonds is 4. The van der Waals surface area contributed by atoms with Gasteiger partial charge in [0.05, 0.1) is 0 Å². The number of aryl methyl sites for hydroxylation is 3. The lowest BCUT2D eigenvalue weighted by atomic mass is 9.99. The lowest BCUT2D eigenvalue weighted by Gasteiger charge is -2.17. The summed E-state index contributed by atoms with van der Waals surface area (Å²) in [5.41, 5.74) is 3.95. The first kappa shape index (κ1) is 12.8. The molecule has 4 heteroatoms. The molecule has 1 aromatic heterocycles. The molecule has 0 aliphatic carbocycles. The van der Waals surface area contributed by atoms with E-state index in [0.29, 0.717) is 0 Å². The van der Waals surface area contributed by atoms with E-state index in [1.54, 1.807) is 6.33 Å². The van der Waals surface area contributed by atoms with Crippen LogP contribution in [0.3, 0.4) is 0 Å². The van der Waals surface area contributed by atoms with Crippen LogP contribution in [0.15, 0.2) is 24.5 Å². The SMILES string of the molecule is CNC(Cc1ncnn1C)c1ccc(C)c(C)c1. The zero-order valence-electron chi connectivity index (χ0n) is 11.4. The minimum absolute atomic E-state index is 0.271. The van der Waals surface area contributed by atoms with Gasteiger partial charge in [-0.05, 0) is 37.6 Å². The first-order chi connectivity index (χ1) is 8.61. The third-order valence-corrected chi connectivity index (χ3v) is 3.47. The molecule has 1 atom stereocenters. The van der Waals surface area contributed by atoms with Crippen LogP contribution in [0.1, 0.15) is 28.6 Å². The van der Waals surface area contributed by atoms with Crippen molar-refractivity contribution in [3.8, 4) is 0 Å². The van der Waals surface area contributed by atoms with Gasteiger partial charge in [0, 0.05) is 19.5 Å². The topological polar surface area (TPSA) is 42.7 Å². The Labute approximate surface area is 108 Å². The highest BCUT2D eigenvalue weighted by atomic mass is 15.3. The molecule has 0 amide bonds. The van der Waals surface area contributed by atoms with Gasteiger partial charge in [-0.1, -0.05) is 18.2 Å². The average Bonchev–Trinajstić information content (AvgIpc) is 2.75. The lowest BCUT2D eigenvalue weighted by molar-refractivity contribution is 0.553. The van der Waals surface area contributed by atoms with Crippen molar-refractivity contribution in [2.24, 2.45) is 7.05 Å². The number of hydrogen-bond acceptors (Lipinski definition) is 3. The fraction of sp³-hybridized carbons (Fsp3) is 0.429. The summed E-state index contributed by atoms with van der Waals surface area (Å²) in [6.07, 6.45) is 2.44. The van der Waals surface area contributed by atoms with E-state index >= 15 is 0 Å².